The molecular weight excluding hydrogens is 406 g/mol. The van der Waals surface area contributed by atoms with Gasteiger partial charge in [-0.15, -0.1) is 0 Å². The second-order valence-corrected chi connectivity index (χ2v) is 8.60. The fourth-order valence-electron chi connectivity index (χ4n) is 4.42. The van der Waals surface area contributed by atoms with Crippen LogP contribution < -0.4 is 15.0 Å². The number of nitrogens with zero attached hydrogens (tertiary/aromatic N) is 2. The zero-order valence-corrected chi connectivity index (χ0v) is 18.5. The number of hydrogen-bond donors (Lipinski definition) is 2. The van der Waals surface area contributed by atoms with E-state index in [9.17, 15) is 14.7 Å². The monoisotopic (exact) mass is 433 g/mol. The van der Waals surface area contributed by atoms with Crippen molar-refractivity contribution in [3.63, 3.8) is 0 Å². The van der Waals surface area contributed by atoms with Gasteiger partial charge in [-0.3, -0.25) is 4.79 Å². The molecule has 1 saturated heterocycles. The van der Waals surface area contributed by atoms with E-state index in [1.54, 1.807) is 55.6 Å². The summed E-state index contributed by atoms with van der Waals surface area (Å²) in [5.41, 5.74) is 1.76. The number of amides is 1. The van der Waals surface area contributed by atoms with Crippen LogP contribution in [0.3, 0.4) is 0 Å². The lowest BCUT2D eigenvalue weighted by Crippen LogP contribution is -2.39. The molecule has 4 rings (SSSR count). The van der Waals surface area contributed by atoms with E-state index in [0.717, 1.165) is 19.5 Å². The zero-order valence-electron chi connectivity index (χ0n) is 18.5. The number of aromatic nitrogens is 1. The van der Waals surface area contributed by atoms with E-state index in [1.807, 2.05) is 0 Å². The lowest BCUT2D eigenvalue weighted by atomic mass is 9.92. The van der Waals surface area contributed by atoms with Crippen LogP contribution in [0, 0.1) is 11.8 Å². The number of carbonyl (C=O) groups is 2. The minimum absolute atomic E-state index is 0.177. The molecule has 1 aromatic heterocycles. The number of piperidine rings is 1. The van der Waals surface area contributed by atoms with Crippen LogP contribution in [0.4, 0.5) is 11.5 Å². The molecule has 0 aliphatic carbocycles. The summed E-state index contributed by atoms with van der Waals surface area (Å²) in [6, 6.07) is 13.6. The highest BCUT2D eigenvalue weighted by Crippen LogP contribution is 2.30. The van der Waals surface area contributed by atoms with Crippen LogP contribution in [0.15, 0.2) is 48.5 Å². The zero-order chi connectivity index (χ0) is 22.8. The van der Waals surface area contributed by atoms with Crippen molar-refractivity contribution < 1.29 is 19.4 Å². The van der Waals surface area contributed by atoms with Gasteiger partial charge in [0.05, 0.1) is 18.2 Å². The van der Waals surface area contributed by atoms with Crippen LogP contribution in [0.1, 0.15) is 41.0 Å². The molecule has 32 heavy (non-hydrogen) atoms. The van der Waals surface area contributed by atoms with Crippen LogP contribution in [0.5, 0.6) is 5.75 Å². The number of methoxy groups -OCH3 is 1. The largest absolute Gasteiger partial charge is 0.497 e. The fraction of sp³-hybridized carbons (Fsp3) is 0.320. The van der Waals surface area contributed by atoms with Crippen molar-refractivity contribution in [2.75, 3.05) is 30.4 Å². The number of carbonyl (C=O) groups excluding carboxylic acids is 1. The standard InChI is InChI=1S/C25H27N3O4/c1-15-10-16(2)14-28(13-15)23-12-21(25(30)31)20-11-18(6-9-22(20)27-23)26-24(29)17-4-7-19(32-3)8-5-17/h4-9,11-12,15-16H,10,13-14H2,1-3H3,(H,26,29)(H,30,31)/t15-,16+. The molecule has 7 nitrogen and oxygen atoms in total. The van der Waals surface area contributed by atoms with Crippen LogP contribution in [-0.2, 0) is 0 Å². The van der Waals surface area contributed by atoms with Gasteiger partial charge in [0.1, 0.15) is 11.6 Å². The molecule has 7 heteroatoms. The van der Waals surface area contributed by atoms with E-state index in [1.165, 1.54) is 0 Å². The van der Waals surface area contributed by atoms with Crippen molar-refractivity contribution >= 4 is 34.3 Å². The van der Waals surface area contributed by atoms with Gasteiger partial charge in [0.2, 0.25) is 0 Å². The number of rotatable bonds is 5. The normalized spacial score (nSPS) is 18.4. The third kappa shape index (κ3) is 4.51. The maximum atomic E-state index is 12.6. The van der Waals surface area contributed by atoms with E-state index < -0.39 is 5.97 Å². The average molecular weight is 434 g/mol. The first-order chi connectivity index (χ1) is 15.3. The minimum atomic E-state index is -1.02. The lowest BCUT2D eigenvalue weighted by molar-refractivity contribution is 0.0698. The Morgan fingerprint density at radius 3 is 2.38 bits per heavy atom. The molecule has 1 aliphatic heterocycles. The first-order valence-corrected chi connectivity index (χ1v) is 10.7. The predicted molar refractivity (Wildman–Crippen MR) is 125 cm³/mol. The van der Waals surface area contributed by atoms with Gasteiger partial charge in [0.15, 0.2) is 0 Å². The van der Waals surface area contributed by atoms with Crippen molar-refractivity contribution in [3.05, 3.63) is 59.7 Å². The highest BCUT2D eigenvalue weighted by molar-refractivity contribution is 6.08. The summed E-state index contributed by atoms with van der Waals surface area (Å²) in [6.45, 7) is 6.13. The van der Waals surface area contributed by atoms with E-state index in [2.05, 4.69) is 24.1 Å². The Morgan fingerprint density at radius 2 is 1.75 bits per heavy atom. The third-order valence-corrected chi connectivity index (χ3v) is 5.83. The quantitative estimate of drug-likeness (QED) is 0.607. The van der Waals surface area contributed by atoms with E-state index in [-0.39, 0.29) is 11.5 Å². The molecule has 2 aromatic carbocycles. The molecule has 1 amide bonds. The molecule has 0 saturated carbocycles. The smallest absolute Gasteiger partial charge is 0.336 e. The van der Waals surface area contributed by atoms with E-state index in [4.69, 9.17) is 9.72 Å². The van der Waals surface area contributed by atoms with Crippen LogP contribution in [0.25, 0.3) is 10.9 Å². The maximum Gasteiger partial charge on any atom is 0.336 e. The molecule has 0 spiro atoms. The van der Waals surface area contributed by atoms with Gasteiger partial charge in [-0.2, -0.15) is 0 Å². The summed E-state index contributed by atoms with van der Waals surface area (Å²) in [6.07, 6.45) is 1.16. The summed E-state index contributed by atoms with van der Waals surface area (Å²) >= 11 is 0. The van der Waals surface area contributed by atoms with E-state index >= 15 is 0 Å². The summed E-state index contributed by atoms with van der Waals surface area (Å²) in [4.78, 5) is 31.6. The molecule has 2 atom stereocenters. The van der Waals surface area contributed by atoms with Gasteiger partial charge >= 0.3 is 5.97 Å². The predicted octanol–water partition coefficient (Wildman–Crippen LogP) is 4.68. The lowest BCUT2D eigenvalue weighted by Gasteiger charge is -2.36. The Bertz CT molecular complexity index is 1150. The number of hydrogen-bond acceptors (Lipinski definition) is 5. The van der Waals surface area contributed by atoms with Crippen LogP contribution >= 0.6 is 0 Å². The average Bonchev–Trinajstić information content (AvgIpc) is 2.77. The Labute approximate surface area is 187 Å². The number of pyridine rings is 1. The van der Waals surface area contributed by atoms with Crippen LogP contribution in [0.2, 0.25) is 0 Å². The summed E-state index contributed by atoms with van der Waals surface area (Å²) < 4.78 is 5.12. The number of aromatic carboxylic acids is 1. The number of carboxylic acids is 1. The molecular formula is C25H27N3O4. The maximum absolute atomic E-state index is 12.6. The Morgan fingerprint density at radius 1 is 1.06 bits per heavy atom. The van der Waals surface area contributed by atoms with Gasteiger partial charge in [0.25, 0.3) is 5.91 Å². The molecule has 0 radical (unpaired) electrons. The first kappa shape index (κ1) is 21.6. The highest BCUT2D eigenvalue weighted by Gasteiger charge is 2.24. The highest BCUT2D eigenvalue weighted by atomic mass is 16.5. The van der Waals surface area contributed by atoms with Crippen LogP contribution in [-0.4, -0.2) is 42.2 Å². The molecule has 3 aromatic rings. The number of anilines is 2. The Hall–Kier alpha value is -3.61. The molecule has 0 bridgehead atoms. The topological polar surface area (TPSA) is 91.8 Å². The van der Waals surface area contributed by atoms with Gasteiger partial charge < -0.3 is 20.1 Å². The Balaban J connectivity index is 1.65. The molecule has 2 heterocycles. The molecule has 2 N–H and O–H groups in total. The summed E-state index contributed by atoms with van der Waals surface area (Å²) in [5.74, 6) is 1.10. The molecule has 1 fully saturated rings. The van der Waals surface area contributed by atoms with Gasteiger partial charge in [-0.25, -0.2) is 9.78 Å². The number of fused-ring (bicyclic) bond motifs is 1. The van der Waals surface area contributed by atoms with Crippen molar-refractivity contribution in [3.8, 4) is 5.75 Å². The van der Waals surface area contributed by atoms with Crippen molar-refractivity contribution in [1.82, 2.24) is 4.98 Å². The second-order valence-electron chi connectivity index (χ2n) is 8.60. The third-order valence-electron chi connectivity index (χ3n) is 5.83. The van der Waals surface area contributed by atoms with Gasteiger partial charge in [0, 0.05) is 29.7 Å². The summed E-state index contributed by atoms with van der Waals surface area (Å²) in [5, 5.41) is 13.2. The first-order valence-electron chi connectivity index (χ1n) is 10.7. The summed E-state index contributed by atoms with van der Waals surface area (Å²) in [7, 11) is 1.57. The number of ether oxygens (including phenoxy) is 1. The van der Waals surface area contributed by atoms with Gasteiger partial charge in [-0.05, 0) is 66.8 Å². The Kier molecular flexibility index (Phi) is 5.99. The molecule has 0 unspecified atom stereocenters. The molecule has 166 valence electrons. The fourth-order valence-corrected chi connectivity index (χ4v) is 4.42. The minimum Gasteiger partial charge on any atom is -0.497 e. The number of nitrogens with one attached hydrogen (secondary N) is 1. The SMILES string of the molecule is COc1ccc(C(=O)Nc2ccc3nc(N4C[C@H](C)C[C@H](C)C4)cc(C(=O)O)c3c2)cc1. The van der Waals surface area contributed by atoms with Crippen molar-refractivity contribution in [1.29, 1.82) is 0 Å². The van der Waals surface area contributed by atoms with E-state index in [0.29, 0.717) is 45.6 Å². The molecule has 1 aliphatic rings. The number of carboxylic acid groups (broad SMARTS) is 1. The van der Waals surface area contributed by atoms with Gasteiger partial charge in [-0.1, -0.05) is 13.8 Å². The second kappa shape index (κ2) is 8.86. The van der Waals surface area contributed by atoms with Crippen molar-refractivity contribution in [2.45, 2.75) is 20.3 Å². The van der Waals surface area contributed by atoms with Crippen molar-refractivity contribution in [2.24, 2.45) is 11.8 Å². The number of benzene rings is 2.